The third-order valence-electron chi connectivity index (χ3n) is 6.56. The first-order chi connectivity index (χ1) is 18.0. The van der Waals surface area contributed by atoms with Crippen LogP contribution in [0.4, 0.5) is 5.13 Å². The molecule has 37 heavy (non-hydrogen) atoms. The van der Waals surface area contributed by atoms with Crippen LogP contribution >= 0.6 is 22.7 Å². The number of thiazole rings is 1. The SMILES string of the molecule is CN(C)C(=O)CN1CCN(CCCN(C(=O)c2cccs2)c2nc(-c3cc4ccccc4o3)cs2)CC1. The summed E-state index contributed by atoms with van der Waals surface area (Å²) >= 11 is 2.91. The lowest BCUT2D eigenvalue weighted by Gasteiger charge is -2.35. The molecule has 0 aliphatic carbocycles. The van der Waals surface area contributed by atoms with Crippen LogP contribution < -0.4 is 4.90 Å². The highest BCUT2D eigenvalue weighted by molar-refractivity contribution is 7.14. The van der Waals surface area contributed by atoms with Gasteiger partial charge in [0.1, 0.15) is 11.3 Å². The van der Waals surface area contributed by atoms with Gasteiger partial charge in [-0.05, 0) is 36.5 Å². The molecule has 0 bridgehead atoms. The van der Waals surface area contributed by atoms with Crippen molar-refractivity contribution in [2.75, 3.05) is 64.8 Å². The fourth-order valence-corrected chi connectivity index (χ4v) is 5.89. The van der Waals surface area contributed by atoms with Crippen LogP contribution in [0.15, 0.2) is 57.6 Å². The quantitative estimate of drug-likeness (QED) is 0.316. The van der Waals surface area contributed by atoms with Gasteiger partial charge in [0.25, 0.3) is 5.91 Å². The standard InChI is InChI=1S/C27H31N5O3S2/c1-29(2)25(33)18-31-14-12-30(13-15-31)10-6-11-32(26(34)24-9-5-16-36-24)27-28-21(19-37-27)23-17-20-7-3-4-8-22(20)35-23/h3-5,7-9,16-17,19H,6,10-15,18H2,1-2H3. The average Bonchev–Trinajstić information content (AvgIpc) is 3.67. The number of aromatic nitrogens is 1. The van der Waals surface area contributed by atoms with Gasteiger partial charge < -0.3 is 14.2 Å². The largest absolute Gasteiger partial charge is 0.454 e. The van der Waals surface area contributed by atoms with Crippen molar-refractivity contribution in [2.24, 2.45) is 0 Å². The predicted octanol–water partition coefficient (Wildman–Crippen LogP) is 4.36. The molecule has 5 rings (SSSR count). The molecule has 2 amide bonds. The van der Waals surface area contributed by atoms with E-state index in [1.54, 1.807) is 23.9 Å². The lowest BCUT2D eigenvalue weighted by Crippen LogP contribution is -2.49. The maximum absolute atomic E-state index is 13.4. The highest BCUT2D eigenvalue weighted by Crippen LogP contribution is 2.32. The first-order valence-electron chi connectivity index (χ1n) is 12.4. The molecule has 1 aliphatic heterocycles. The van der Waals surface area contributed by atoms with Gasteiger partial charge in [0, 0.05) is 57.6 Å². The molecule has 10 heteroatoms. The Morgan fingerprint density at radius 1 is 1.03 bits per heavy atom. The van der Waals surface area contributed by atoms with E-state index in [2.05, 4.69) is 9.80 Å². The van der Waals surface area contributed by atoms with Crippen molar-refractivity contribution in [3.05, 3.63) is 58.1 Å². The van der Waals surface area contributed by atoms with Crippen molar-refractivity contribution >= 4 is 50.6 Å². The molecule has 1 saturated heterocycles. The molecule has 3 aromatic heterocycles. The second kappa shape index (κ2) is 11.6. The fourth-order valence-electron chi connectivity index (χ4n) is 4.38. The molecule has 1 aliphatic rings. The van der Waals surface area contributed by atoms with Gasteiger partial charge in [0.2, 0.25) is 5.91 Å². The zero-order chi connectivity index (χ0) is 25.8. The Hall–Kier alpha value is -3.05. The molecule has 0 saturated carbocycles. The number of hydrogen-bond acceptors (Lipinski definition) is 8. The molecule has 0 N–H and O–H groups in total. The number of fused-ring (bicyclic) bond motifs is 1. The maximum atomic E-state index is 13.4. The minimum atomic E-state index is -0.0208. The zero-order valence-corrected chi connectivity index (χ0v) is 22.8. The first kappa shape index (κ1) is 25.6. The molecular weight excluding hydrogens is 506 g/mol. The molecule has 0 spiro atoms. The fraction of sp³-hybridized carbons (Fsp3) is 0.370. The van der Waals surface area contributed by atoms with Gasteiger partial charge in [0.15, 0.2) is 10.9 Å². The monoisotopic (exact) mass is 537 g/mol. The van der Waals surface area contributed by atoms with Crippen molar-refractivity contribution in [1.82, 2.24) is 19.7 Å². The number of anilines is 1. The number of amides is 2. The number of thiophene rings is 1. The van der Waals surface area contributed by atoms with Gasteiger partial charge in [-0.25, -0.2) is 4.98 Å². The van der Waals surface area contributed by atoms with Crippen LogP contribution in [0.2, 0.25) is 0 Å². The number of para-hydroxylation sites is 1. The highest BCUT2D eigenvalue weighted by atomic mass is 32.1. The average molecular weight is 538 g/mol. The van der Waals surface area contributed by atoms with Crippen molar-refractivity contribution in [1.29, 1.82) is 0 Å². The highest BCUT2D eigenvalue weighted by Gasteiger charge is 2.24. The first-order valence-corrected chi connectivity index (χ1v) is 14.2. The second-order valence-corrected chi connectivity index (χ2v) is 11.1. The molecule has 0 radical (unpaired) electrons. The summed E-state index contributed by atoms with van der Waals surface area (Å²) in [5.74, 6) is 0.826. The molecular formula is C27H31N5O3S2. The number of rotatable bonds is 9. The zero-order valence-electron chi connectivity index (χ0n) is 21.1. The van der Waals surface area contributed by atoms with Crippen LogP contribution in [0.5, 0.6) is 0 Å². The summed E-state index contributed by atoms with van der Waals surface area (Å²) < 4.78 is 5.99. The number of furan rings is 1. The molecule has 194 valence electrons. The van der Waals surface area contributed by atoms with Crippen LogP contribution in [-0.2, 0) is 4.79 Å². The van der Waals surface area contributed by atoms with E-state index in [0.29, 0.717) is 28.9 Å². The summed E-state index contributed by atoms with van der Waals surface area (Å²) in [6.45, 7) is 5.56. The Kier molecular flexibility index (Phi) is 7.99. The molecule has 0 atom stereocenters. The summed E-state index contributed by atoms with van der Waals surface area (Å²) in [4.78, 5) is 39.0. The maximum Gasteiger partial charge on any atom is 0.270 e. The number of likely N-dealkylation sites (N-methyl/N-ethyl adjacent to an activating group) is 1. The van der Waals surface area contributed by atoms with E-state index in [-0.39, 0.29) is 11.8 Å². The molecule has 8 nitrogen and oxygen atoms in total. The van der Waals surface area contributed by atoms with E-state index < -0.39 is 0 Å². The topological polar surface area (TPSA) is 73.1 Å². The van der Waals surface area contributed by atoms with Crippen molar-refractivity contribution in [2.45, 2.75) is 6.42 Å². The third kappa shape index (κ3) is 6.10. The lowest BCUT2D eigenvalue weighted by atomic mass is 10.2. The summed E-state index contributed by atoms with van der Waals surface area (Å²) in [5.41, 5.74) is 1.56. The van der Waals surface area contributed by atoms with E-state index in [0.717, 1.165) is 55.8 Å². The smallest absolute Gasteiger partial charge is 0.270 e. The van der Waals surface area contributed by atoms with Crippen molar-refractivity contribution < 1.29 is 14.0 Å². The predicted molar refractivity (Wildman–Crippen MR) is 150 cm³/mol. The summed E-state index contributed by atoms with van der Waals surface area (Å²) in [6.07, 6.45) is 0.841. The summed E-state index contributed by atoms with van der Waals surface area (Å²) in [7, 11) is 3.59. The van der Waals surface area contributed by atoms with Crippen LogP contribution in [0.1, 0.15) is 16.1 Å². The Morgan fingerprint density at radius 3 is 2.54 bits per heavy atom. The van der Waals surface area contributed by atoms with E-state index in [1.807, 2.05) is 53.2 Å². The summed E-state index contributed by atoms with van der Waals surface area (Å²) in [6, 6.07) is 13.7. The number of benzene rings is 1. The Labute approximate surface area is 224 Å². The minimum Gasteiger partial charge on any atom is -0.454 e. The number of hydrogen-bond donors (Lipinski definition) is 0. The third-order valence-corrected chi connectivity index (χ3v) is 8.28. The lowest BCUT2D eigenvalue weighted by molar-refractivity contribution is -0.130. The van der Waals surface area contributed by atoms with Gasteiger partial charge in [0.05, 0.1) is 11.4 Å². The number of piperazine rings is 1. The minimum absolute atomic E-state index is 0.0208. The number of carbonyl (C=O) groups excluding carboxylic acids is 2. The molecule has 0 unspecified atom stereocenters. The van der Waals surface area contributed by atoms with Crippen LogP contribution in [0, 0.1) is 0 Å². The van der Waals surface area contributed by atoms with Crippen LogP contribution in [0.25, 0.3) is 22.4 Å². The van der Waals surface area contributed by atoms with Gasteiger partial charge in [-0.3, -0.25) is 19.4 Å². The molecule has 4 aromatic rings. The van der Waals surface area contributed by atoms with Gasteiger partial charge in [-0.1, -0.05) is 24.3 Å². The van der Waals surface area contributed by atoms with E-state index in [9.17, 15) is 9.59 Å². The van der Waals surface area contributed by atoms with Crippen LogP contribution in [-0.4, -0.2) is 91.4 Å². The normalized spacial score (nSPS) is 14.8. The number of carbonyl (C=O) groups is 2. The van der Waals surface area contributed by atoms with Gasteiger partial charge in [-0.2, -0.15) is 0 Å². The Morgan fingerprint density at radius 2 is 1.81 bits per heavy atom. The van der Waals surface area contributed by atoms with E-state index in [4.69, 9.17) is 9.40 Å². The van der Waals surface area contributed by atoms with E-state index >= 15 is 0 Å². The van der Waals surface area contributed by atoms with Crippen LogP contribution in [0.3, 0.4) is 0 Å². The summed E-state index contributed by atoms with van der Waals surface area (Å²) in [5, 5.41) is 5.59. The second-order valence-electron chi connectivity index (χ2n) is 9.36. The van der Waals surface area contributed by atoms with Gasteiger partial charge >= 0.3 is 0 Å². The molecule has 1 aromatic carbocycles. The van der Waals surface area contributed by atoms with Crippen molar-refractivity contribution in [3.63, 3.8) is 0 Å². The van der Waals surface area contributed by atoms with Gasteiger partial charge in [-0.15, -0.1) is 22.7 Å². The molecule has 4 heterocycles. The Balaban J connectivity index is 1.23. The van der Waals surface area contributed by atoms with E-state index in [1.165, 1.54) is 22.7 Å². The molecule has 1 fully saturated rings. The van der Waals surface area contributed by atoms with Crippen molar-refractivity contribution in [3.8, 4) is 11.5 Å². The number of nitrogens with zero attached hydrogens (tertiary/aromatic N) is 5. The Bertz CT molecular complexity index is 1310.